The van der Waals surface area contributed by atoms with Crippen molar-refractivity contribution in [1.29, 1.82) is 0 Å². The topological polar surface area (TPSA) is 69.6 Å². The zero-order valence-electron chi connectivity index (χ0n) is 9.90. The Kier molecular flexibility index (Phi) is 4.58. The molecule has 2 N–H and O–H groups in total. The van der Waals surface area contributed by atoms with Crippen LogP contribution in [-0.2, 0) is 4.79 Å². The number of amides is 2. The molecule has 0 spiro atoms. The van der Waals surface area contributed by atoms with Gasteiger partial charge in [-0.05, 0) is 18.8 Å². The number of carbonyl (C=O) groups excluding carboxylic acids is 1. The molecule has 1 rings (SSSR count). The van der Waals surface area contributed by atoms with Crippen molar-refractivity contribution in [3.05, 3.63) is 0 Å². The van der Waals surface area contributed by atoms with Crippen LogP contribution < -0.4 is 5.32 Å². The third kappa shape index (κ3) is 3.72. The molecule has 5 heteroatoms. The normalized spacial score (nSPS) is 21.9. The van der Waals surface area contributed by atoms with Crippen LogP contribution in [0, 0.1) is 11.8 Å². The Bertz CT molecular complexity index is 268. The Hall–Kier alpha value is -1.26. The zero-order valence-corrected chi connectivity index (χ0v) is 9.90. The van der Waals surface area contributed by atoms with Gasteiger partial charge in [0.15, 0.2) is 0 Å². The molecule has 0 radical (unpaired) electrons. The van der Waals surface area contributed by atoms with Gasteiger partial charge in [0, 0.05) is 19.6 Å². The van der Waals surface area contributed by atoms with Gasteiger partial charge >= 0.3 is 12.0 Å². The van der Waals surface area contributed by atoms with Gasteiger partial charge in [0.2, 0.25) is 0 Å². The van der Waals surface area contributed by atoms with Gasteiger partial charge in [-0.25, -0.2) is 4.79 Å². The molecular formula is C11H20N2O3. The lowest BCUT2D eigenvalue weighted by atomic mass is 10.1. The first-order valence-corrected chi connectivity index (χ1v) is 5.76. The number of likely N-dealkylation sites (tertiary alicyclic amines) is 1. The molecule has 92 valence electrons. The van der Waals surface area contributed by atoms with Crippen LogP contribution in [0.15, 0.2) is 0 Å². The highest BCUT2D eigenvalue weighted by Gasteiger charge is 2.22. The summed E-state index contributed by atoms with van der Waals surface area (Å²) in [5.41, 5.74) is 0. The van der Waals surface area contributed by atoms with Crippen molar-refractivity contribution in [1.82, 2.24) is 10.2 Å². The van der Waals surface area contributed by atoms with Gasteiger partial charge in [0.1, 0.15) is 0 Å². The molecule has 1 aliphatic heterocycles. The van der Waals surface area contributed by atoms with Crippen molar-refractivity contribution in [2.45, 2.75) is 26.7 Å². The molecule has 0 aromatic carbocycles. The van der Waals surface area contributed by atoms with Crippen molar-refractivity contribution >= 4 is 12.0 Å². The highest BCUT2D eigenvalue weighted by Crippen LogP contribution is 2.14. The van der Waals surface area contributed by atoms with Crippen molar-refractivity contribution in [2.75, 3.05) is 19.6 Å². The van der Waals surface area contributed by atoms with Crippen LogP contribution in [0.3, 0.4) is 0 Å². The summed E-state index contributed by atoms with van der Waals surface area (Å²) in [5, 5.41) is 11.4. The fourth-order valence-corrected chi connectivity index (χ4v) is 1.75. The summed E-state index contributed by atoms with van der Waals surface area (Å²) in [6.07, 6.45) is 1.53. The molecule has 0 aromatic heterocycles. The van der Waals surface area contributed by atoms with Crippen LogP contribution in [0.1, 0.15) is 26.7 Å². The minimum atomic E-state index is -0.816. The van der Waals surface area contributed by atoms with Gasteiger partial charge in [0.05, 0.1) is 5.92 Å². The van der Waals surface area contributed by atoms with E-state index in [1.165, 1.54) is 0 Å². The first kappa shape index (κ1) is 12.8. The Morgan fingerprint density at radius 1 is 1.56 bits per heavy atom. The first-order valence-electron chi connectivity index (χ1n) is 5.76. The van der Waals surface area contributed by atoms with E-state index in [0.717, 1.165) is 19.5 Å². The average Bonchev–Trinajstić information content (AvgIpc) is 2.64. The third-order valence-corrected chi connectivity index (χ3v) is 2.99. The van der Waals surface area contributed by atoms with E-state index >= 15 is 0 Å². The van der Waals surface area contributed by atoms with E-state index < -0.39 is 11.9 Å². The van der Waals surface area contributed by atoms with Crippen molar-refractivity contribution < 1.29 is 14.7 Å². The van der Waals surface area contributed by atoms with E-state index in [4.69, 9.17) is 5.11 Å². The Morgan fingerprint density at radius 3 is 2.75 bits per heavy atom. The molecular weight excluding hydrogens is 208 g/mol. The van der Waals surface area contributed by atoms with E-state index in [1.807, 2.05) is 0 Å². The molecule has 2 atom stereocenters. The second kappa shape index (κ2) is 5.72. The molecule has 1 aliphatic rings. The minimum absolute atomic E-state index is 0.0676. The molecule has 0 aliphatic carbocycles. The SMILES string of the molecule is CC1CCN(C(=O)NCCC(C)C(=O)O)C1. The molecule has 1 fully saturated rings. The minimum Gasteiger partial charge on any atom is -0.481 e. The largest absolute Gasteiger partial charge is 0.481 e. The van der Waals surface area contributed by atoms with Crippen LogP contribution in [-0.4, -0.2) is 41.6 Å². The van der Waals surface area contributed by atoms with Gasteiger partial charge in [-0.2, -0.15) is 0 Å². The van der Waals surface area contributed by atoms with Crippen LogP contribution in [0.4, 0.5) is 4.79 Å². The van der Waals surface area contributed by atoms with Gasteiger partial charge in [-0.15, -0.1) is 0 Å². The quantitative estimate of drug-likeness (QED) is 0.758. The Labute approximate surface area is 95.8 Å². The molecule has 16 heavy (non-hydrogen) atoms. The molecule has 1 heterocycles. The van der Waals surface area contributed by atoms with Crippen molar-refractivity contribution in [2.24, 2.45) is 11.8 Å². The van der Waals surface area contributed by atoms with Crippen LogP contribution in [0.5, 0.6) is 0 Å². The number of hydrogen-bond donors (Lipinski definition) is 2. The number of carboxylic acid groups (broad SMARTS) is 1. The van der Waals surface area contributed by atoms with E-state index in [0.29, 0.717) is 18.9 Å². The molecule has 2 unspecified atom stereocenters. The van der Waals surface area contributed by atoms with E-state index in [-0.39, 0.29) is 6.03 Å². The number of nitrogens with one attached hydrogen (secondary N) is 1. The van der Waals surface area contributed by atoms with Gasteiger partial charge < -0.3 is 15.3 Å². The van der Waals surface area contributed by atoms with Gasteiger partial charge in [-0.3, -0.25) is 4.79 Å². The number of aliphatic carboxylic acids is 1. The molecule has 0 bridgehead atoms. The molecule has 2 amide bonds. The van der Waals surface area contributed by atoms with Crippen LogP contribution >= 0.6 is 0 Å². The maximum atomic E-state index is 11.6. The molecule has 0 aromatic rings. The number of carbonyl (C=O) groups is 2. The standard InChI is InChI=1S/C11H20N2O3/c1-8-4-6-13(7-8)11(16)12-5-3-9(2)10(14)15/h8-9H,3-7H2,1-2H3,(H,12,16)(H,14,15). The summed E-state index contributed by atoms with van der Waals surface area (Å²) in [6, 6.07) is -0.0676. The van der Waals surface area contributed by atoms with Gasteiger partial charge in [0.25, 0.3) is 0 Å². The maximum Gasteiger partial charge on any atom is 0.317 e. The second-order valence-corrected chi connectivity index (χ2v) is 4.60. The van der Waals surface area contributed by atoms with E-state index in [9.17, 15) is 9.59 Å². The zero-order chi connectivity index (χ0) is 12.1. The number of carboxylic acids is 1. The lowest BCUT2D eigenvalue weighted by molar-refractivity contribution is -0.141. The number of nitrogens with zero attached hydrogens (tertiary/aromatic N) is 1. The fraction of sp³-hybridized carbons (Fsp3) is 0.818. The third-order valence-electron chi connectivity index (χ3n) is 2.99. The number of rotatable bonds is 4. The lowest BCUT2D eigenvalue weighted by Gasteiger charge is -2.17. The van der Waals surface area contributed by atoms with Crippen molar-refractivity contribution in [3.8, 4) is 0 Å². The number of urea groups is 1. The van der Waals surface area contributed by atoms with Crippen LogP contribution in [0.2, 0.25) is 0 Å². The monoisotopic (exact) mass is 228 g/mol. The lowest BCUT2D eigenvalue weighted by Crippen LogP contribution is -2.39. The summed E-state index contributed by atoms with van der Waals surface area (Å²) < 4.78 is 0. The fourth-order valence-electron chi connectivity index (χ4n) is 1.75. The summed E-state index contributed by atoms with van der Waals surface area (Å²) in [6.45, 7) is 5.81. The highest BCUT2D eigenvalue weighted by atomic mass is 16.4. The Morgan fingerprint density at radius 2 is 2.25 bits per heavy atom. The highest BCUT2D eigenvalue weighted by molar-refractivity contribution is 5.74. The second-order valence-electron chi connectivity index (χ2n) is 4.60. The summed E-state index contributed by atoms with van der Waals surface area (Å²) in [7, 11) is 0. The molecule has 1 saturated heterocycles. The summed E-state index contributed by atoms with van der Waals surface area (Å²) in [4.78, 5) is 23.9. The van der Waals surface area contributed by atoms with E-state index in [1.54, 1.807) is 11.8 Å². The Balaban J connectivity index is 2.18. The molecule has 0 saturated carbocycles. The molecule has 5 nitrogen and oxygen atoms in total. The predicted molar refractivity (Wildman–Crippen MR) is 60.2 cm³/mol. The van der Waals surface area contributed by atoms with Crippen LogP contribution in [0.25, 0.3) is 0 Å². The van der Waals surface area contributed by atoms with Crippen molar-refractivity contribution in [3.63, 3.8) is 0 Å². The average molecular weight is 228 g/mol. The summed E-state index contributed by atoms with van der Waals surface area (Å²) >= 11 is 0. The van der Waals surface area contributed by atoms with E-state index in [2.05, 4.69) is 12.2 Å². The maximum absolute atomic E-state index is 11.6. The summed E-state index contributed by atoms with van der Waals surface area (Å²) in [5.74, 6) is -0.648. The number of hydrogen-bond acceptors (Lipinski definition) is 2. The van der Waals surface area contributed by atoms with Gasteiger partial charge in [-0.1, -0.05) is 13.8 Å². The predicted octanol–water partition coefficient (Wildman–Crippen LogP) is 1.15. The first-order chi connectivity index (χ1) is 7.50. The smallest absolute Gasteiger partial charge is 0.317 e.